The molecule has 0 radical (unpaired) electrons. The standard InChI is InChI=1S/C20H25N3O/c1-17(20(24)21-19-10-6-3-7-11-19)23-14-12-22(13-15-23)16-18-8-4-2-5-9-18/h2-11,17H,12-16H2,1H3,(H,21,24)/t17-/m0/s1. The molecule has 0 saturated carbocycles. The molecule has 0 bridgehead atoms. The maximum Gasteiger partial charge on any atom is 0.241 e. The lowest BCUT2D eigenvalue weighted by molar-refractivity contribution is -0.121. The smallest absolute Gasteiger partial charge is 0.241 e. The molecule has 0 aromatic heterocycles. The van der Waals surface area contributed by atoms with Gasteiger partial charge >= 0.3 is 0 Å². The van der Waals surface area contributed by atoms with Gasteiger partial charge in [0.25, 0.3) is 0 Å². The fourth-order valence-corrected chi connectivity index (χ4v) is 3.08. The van der Waals surface area contributed by atoms with Gasteiger partial charge in [-0.1, -0.05) is 48.5 Å². The van der Waals surface area contributed by atoms with Crippen molar-refractivity contribution in [3.05, 3.63) is 66.2 Å². The number of carbonyl (C=O) groups excluding carboxylic acids is 1. The molecule has 4 nitrogen and oxygen atoms in total. The number of amides is 1. The second-order valence-corrected chi connectivity index (χ2v) is 6.33. The van der Waals surface area contributed by atoms with Gasteiger partial charge in [0.2, 0.25) is 5.91 Å². The Balaban J connectivity index is 1.48. The first kappa shape index (κ1) is 16.7. The van der Waals surface area contributed by atoms with E-state index in [-0.39, 0.29) is 11.9 Å². The van der Waals surface area contributed by atoms with Crippen LogP contribution in [-0.4, -0.2) is 47.9 Å². The summed E-state index contributed by atoms with van der Waals surface area (Å²) >= 11 is 0. The van der Waals surface area contributed by atoms with Crippen molar-refractivity contribution in [2.45, 2.75) is 19.5 Å². The Morgan fingerprint density at radius 2 is 1.54 bits per heavy atom. The Morgan fingerprint density at radius 3 is 2.17 bits per heavy atom. The topological polar surface area (TPSA) is 35.6 Å². The van der Waals surface area contributed by atoms with Crippen LogP contribution in [0.15, 0.2) is 60.7 Å². The summed E-state index contributed by atoms with van der Waals surface area (Å²) in [5.41, 5.74) is 2.21. The molecule has 4 heteroatoms. The van der Waals surface area contributed by atoms with E-state index < -0.39 is 0 Å². The quantitative estimate of drug-likeness (QED) is 0.919. The monoisotopic (exact) mass is 323 g/mol. The van der Waals surface area contributed by atoms with Crippen molar-refractivity contribution in [3.63, 3.8) is 0 Å². The molecule has 0 unspecified atom stereocenters. The minimum atomic E-state index is -0.107. The van der Waals surface area contributed by atoms with Crippen LogP contribution < -0.4 is 5.32 Å². The van der Waals surface area contributed by atoms with Gasteiger partial charge in [-0.15, -0.1) is 0 Å². The number of piperazine rings is 1. The Kier molecular flexibility index (Phi) is 5.62. The van der Waals surface area contributed by atoms with E-state index in [4.69, 9.17) is 0 Å². The summed E-state index contributed by atoms with van der Waals surface area (Å²) in [5, 5.41) is 3.00. The zero-order valence-electron chi connectivity index (χ0n) is 14.2. The summed E-state index contributed by atoms with van der Waals surface area (Å²) in [6, 6.07) is 20.1. The van der Waals surface area contributed by atoms with Crippen LogP contribution in [0.5, 0.6) is 0 Å². The molecule has 2 aromatic carbocycles. The summed E-state index contributed by atoms with van der Waals surface area (Å²) in [7, 11) is 0. The molecule has 24 heavy (non-hydrogen) atoms. The molecule has 1 atom stereocenters. The summed E-state index contributed by atoms with van der Waals surface area (Å²) in [5.74, 6) is 0.0673. The van der Waals surface area contributed by atoms with Crippen molar-refractivity contribution in [2.24, 2.45) is 0 Å². The number of benzene rings is 2. The first-order valence-electron chi connectivity index (χ1n) is 8.58. The van der Waals surface area contributed by atoms with Gasteiger partial charge < -0.3 is 5.32 Å². The second kappa shape index (κ2) is 8.08. The van der Waals surface area contributed by atoms with E-state index in [1.807, 2.05) is 37.3 Å². The third-order valence-electron chi connectivity index (χ3n) is 4.62. The van der Waals surface area contributed by atoms with E-state index in [1.54, 1.807) is 0 Å². The molecule has 1 fully saturated rings. The highest BCUT2D eigenvalue weighted by Gasteiger charge is 2.25. The number of nitrogens with zero attached hydrogens (tertiary/aromatic N) is 2. The summed E-state index contributed by atoms with van der Waals surface area (Å²) < 4.78 is 0. The number of rotatable bonds is 5. The third-order valence-corrected chi connectivity index (χ3v) is 4.62. The van der Waals surface area contributed by atoms with E-state index in [0.717, 1.165) is 38.4 Å². The number of hydrogen-bond donors (Lipinski definition) is 1. The molecular weight excluding hydrogens is 298 g/mol. The summed E-state index contributed by atoms with van der Waals surface area (Å²) in [4.78, 5) is 17.1. The van der Waals surface area contributed by atoms with Crippen LogP contribution in [0.1, 0.15) is 12.5 Å². The molecule has 1 aliphatic heterocycles. The van der Waals surface area contributed by atoms with Crippen LogP contribution in [0, 0.1) is 0 Å². The van der Waals surface area contributed by atoms with Crippen LogP contribution in [0.4, 0.5) is 5.69 Å². The van der Waals surface area contributed by atoms with E-state index in [1.165, 1.54) is 5.56 Å². The lowest BCUT2D eigenvalue weighted by atomic mass is 10.1. The molecule has 1 saturated heterocycles. The molecular formula is C20H25N3O. The molecule has 1 heterocycles. The van der Waals surface area contributed by atoms with E-state index in [0.29, 0.717) is 0 Å². The molecule has 1 amide bonds. The zero-order valence-corrected chi connectivity index (χ0v) is 14.2. The predicted octanol–water partition coefficient (Wildman–Crippen LogP) is 2.83. The average molecular weight is 323 g/mol. The highest BCUT2D eigenvalue weighted by Crippen LogP contribution is 2.12. The Hall–Kier alpha value is -2.17. The van der Waals surface area contributed by atoms with Crippen molar-refractivity contribution < 1.29 is 4.79 Å². The van der Waals surface area contributed by atoms with E-state index in [2.05, 4.69) is 45.4 Å². The maximum absolute atomic E-state index is 12.4. The Labute approximate surface area is 144 Å². The first-order valence-corrected chi connectivity index (χ1v) is 8.58. The van der Waals surface area contributed by atoms with E-state index >= 15 is 0 Å². The average Bonchev–Trinajstić information content (AvgIpc) is 2.63. The molecule has 2 aromatic rings. The highest BCUT2D eigenvalue weighted by atomic mass is 16.2. The van der Waals surface area contributed by atoms with Crippen LogP contribution in [0.25, 0.3) is 0 Å². The first-order chi connectivity index (χ1) is 11.7. The van der Waals surface area contributed by atoms with Gasteiger partial charge in [0.05, 0.1) is 6.04 Å². The molecule has 3 rings (SSSR count). The largest absolute Gasteiger partial charge is 0.325 e. The SMILES string of the molecule is C[C@@H](C(=O)Nc1ccccc1)N1CCN(Cc2ccccc2)CC1. The number of anilines is 1. The molecule has 1 aliphatic rings. The fraction of sp³-hybridized carbons (Fsp3) is 0.350. The maximum atomic E-state index is 12.4. The number of carbonyl (C=O) groups is 1. The highest BCUT2D eigenvalue weighted by molar-refractivity contribution is 5.94. The normalized spacial score (nSPS) is 17.4. The van der Waals surface area contributed by atoms with Gasteiger partial charge in [-0.05, 0) is 24.6 Å². The van der Waals surface area contributed by atoms with Crippen LogP contribution in [-0.2, 0) is 11.3 Å². The second-order valence-electron chi connectivity index (χ2n) is 6.33. The van der Waals surface area contributed by atoms with Crippen molar-refractivity contribution in [1.29, 1.82) is 0 Å². The van der Waals surface area contributed by atoms with Gasteiger partial charge in [0, 0.05) is 38.4 Å². The molecule has 0 spiro atoms. The van der Waals surface area contributed by atoms with Crippen molar-refractivity contribution in [1.82, 2.24) is 9.80 Å². The number of hydrogen-bond acceptors (Lipinski definition) is 3. The van der Waals surface area contributed by atoms with Gasteiger partial charge in [0.1, 0.15) is 0 Å². The lowest BCUT2D eigenvalue weighted by Gasteiger charge is -2.37. The van der Waals surface area contributed by atoms with Crippen molar-refractivity contribution >= 4 is 11.6 Å². The van der Waals surface area contributed by atoms with Crippen LogP contribution >= 0.6 is 0 Å². The Morgan fingerprint density at radius 1 is 0.958 bits per heavy atom. The van der Waals surface area contributed by atoms with Gasteiger partial charge in [0.15, 0.2) is 0 Å². The third kappa shape index (κ3) is 4.43. The summed E-state index contributed by atoms with van der Waals surface area (Å²) in [6.45, 7) is 6.83. The lowest BCUT2D eigenvalue weighted by Crippen LogP contribution is -2.52. The van der Waals surface area contributed by atoms with Gasteiger partial charge in [-0.25, -0.2) is 0 Å². The van der Waals surface area contributed by atoms with E-state index in [9.17, 15) is 4.79 Å². The minimum absolute atomic E-state index is 0.0673. The number of para-hydroxylation sites is 1. The minimum Gasteiger partial charge on any atom is -0.325 e. The van der Waals surface area contributed by atoms with Crippen LogP contribution in [0.3, 0.4) is 0 Å². The van der Waals surface area contributed by atoms with Gasteiger partial charge in [-0.3, -0.25) is 14.6 Å². The van der Waals surface area contributed by atoms with Crippen molar-refractivity contribution in [2.75, 3.05) is 31.5 Å². The summed E-state index contributed by atoms with van der Waals surface area (Å²) in [6.07, 6.45) is 0. The molecule has 126 valence electrons. The van der Waals surface area contributed by atoms with Gasteiger partial charge in [-0.2, -0.15) is 0 Å². The molecule has 0 aliphatic carbocycles. The molecule has 1 N–H and O–H groups in total. The Bertz CT molecular complexity index is 636. The van der Waals surface area contributed by atoms with Crippen LogP contribution in [0.2, 0.25) is 0 Å². The van der Waals surface area contributed by atoms with Crippen molar-refractivity contribution in [3.8, 4) is 0 Å². The number of nitrogens with one attached hydrogen (secondary N) is 1. The fourth-order valence-electron chi connectivity index (χ4n) is 3.08. The predicted molar refractivity (Wildman–Crippen MR) is 97.8 cm³/mol. The zero-order chi connectivity index (χ0) is 16.8.